The molecule has 4 heteroatoms. The lowest BCUT2D eigenvalue weighted by Crippen LogP contribution is -2.19. The van der Waals surface area contributed by atoms with Crippen molar-refractivity contribution in [1.29, 1.82) is 0 Å². The van der Waals surface area contributed by atoms with Crippen LogP contribution in [0.2, 0.25) is 0 Å². The van der Waals surface area contributed by atoms with Gasteiger partial charge in [-0.25, -0.2) is 0 Å². The zero-order valence-electron chi connectivity index (χ0n) is 8.71. The van der Waals surface area contributed by atoms with Crippen LogP contribution in [-0.4, -0.2) is 18.1 Å². The molecule has 1 aromatic heterocycles. The molecule has 0 spiro atoms. The number of nitrogens with one attached hydrogen (secondary N) is 1. The molecule has 0 aromatic carbocycles. The number of rotatable bonds is 5. The molecule has 80 valence electrons. The normalized spacial score (nSPS) is 13.5. The van der Waals surface area contributed by atoms with Crippen molar-refractivity contribution in [1.82, 2.24) is 5.32 Å². The Morgan fingerprint density at radius 1 is 1.57 bits per heavy atom. The van der Waals surface area contributed by atoms with E-state index in [1.54, 1.807) is 6.26 Å². The fourth-order valence-corrected chi connectivity index (χ4v) is 2.51. The molecule has 0 saturated carbocycles. The molecule has 0 aliphatic heterocycles. The highest BCUT2D eigenvalue weighted by molar-refractivity contribution is 9.10. The third-order valence-electron chi connectivity index (χ3n) is 1.91. The minimum atomic E-state index is 0.284. The van der Waals surface area contributed by atoms with Gasteiger partial charge in [0.2, 0.25) is 0 Å². The SMILES string of the molecule is CNC(CSC(C)C)c1occc1Br. The minimum Gasteiger partial charge on any atom is -0.466 e. The summed E-state index contributed by atoms with van der Waals surface area (Å²) in [4.78, 5) is 0. The summed E-state index contributed by atoms with van der Waals surface area (Å²) in [5, 5.41) is 3.91. The van der Waals surface area contributed by atoms with Crippen LogP contribution in [0.3, 0.4) is 0 Å². The number of hydrogen-bond acceptors (Lipinski definition) is 3. The van der Waals surface area contributed by atoms with E-state index in [1.165, 1.54) is 0 Å². The third-order valence-corrected chi connectivity index (χ3v) is 3.75. The van der Waals surface area contributed by atoms with Crippen molar-refractivity contribution in [2.75, 3.05) is 12.8 Å². The predicted octanol–water partition coefficient (Wildman–Crippen LogP) is 3.44. The van der Waals surface area contributed by atoms with E-state index in [2.05, 4.69) is 35.1 Å². The van der Waals surface area contributed by atoms with Crippen LogP contribution in [0.1, 0.15) is 25.6 Å². The molecule has 2 nitrogen and oxygen atoms in total. The van der Waals surface area contributed by atoms with Crippen molar-refractivity contribution >= 4 is 27.7 Å². The van der Waals surface area contributed by atoms with Crippen molar-refractivity contribution in [3.8, 4) is 0 Å². The van der Waals surface area contributed by atoms with Gasteiger partial charge >= 0.3 is 0 Å². The zero-order chi connectivity index (χ0) is 10.6. The van der Waals surface area contributed by atoms with Gasteiger partial charge in [0.15, 0.2) is 0 Å². The Morgan fingerprint density at radius 2 is 2.29 bits per heavy atom. The van der Waals surface area contributed by atoms with Gasteiger partial charge in [-0.1, -0.05) is 13.8 Å². The Labute approximate surface area is 98.0 Å². The number of furan rings is 1. The summed E-state index contributed by atoms with van der Waals surface area (Å²) in [6.07, 6.45) is 1.71. The van der Waals surface area contributed by atoms with Crippen molar-refractivity contribution < 1.29 is 4.42 Å². The lowest BCUT2D eigenvalue weighted by Gasteiger charge is -2.15. The van der Waals surface area contributed by atoms with E-state index >= 15 is 0 Å². The standard InChI is InChI=1S/C10H16BrNOS/c1-7(2)14-6-9(12-3)10-8(11)4-5-13-10/h4-5,7,9,12H,6H2,1-3H3. The second-order valence-electron chi connectivity index (χ2n) is 3.36. The molecule has 0 radical (unpaired) electrons. The van der Waals surface area contributed by atoms with Crippen LogP contribution in [0.15, 0.2) is 21.2 Å². The van der Waals surface area contributed by atoms with Crippen LogP contribution in [0.5, 0.6) is 0 Å². The van der Waals surface area contributed by atoms with E-state index < -0.39 is 0 Å². The fraction of sp³-hybridized carbons (Fsp3) is 0.600. The van der Waals surface area contributed by atoms with Gasteiger partial charge in [-0.15, -0.1) is 0 Å². The molecule has 1 aromatic rings. The molecule has 1 rings (SSSR count). The van der Waals surface area contributed by atoms with Crippen LogP contribution in [-0.2, 0) is 0 Å². The summed E-state index contributed by atoms with van der Waals surface area (Å²) in [6.45, 7) is 4.41. The Bertz CT molecular complexity index is 275. The van der Waals surface area contributed by atoms with Crippen LogP contribution in [0.25, 0.3) is 0 Å². The van der Waals surface area contributed by atoms with Gasteiger partial charge in [0, 0.05) is 5.75 Å². The number of thioether (sulfide) groups is 1. The minimum absolute atomic E-state index is 0.284. The highest BCUT2D eigenvalue weighted by Gasteiger charge is 2.16. The molecule has 0 amide bonds. The van der Waals surface area contributed by atoms with Gasteiger partial charge in [-0.2, -0.15) is 11.8 Å². The Hall–Kier alpha value is 0.0700. The van der Waals surface area contributed by atoms with Gasteiger partial charge < -0.3 is 9.73 Å². The van der Waals surface area contributed by atoms with Crippen molar-refractivity contribution in [2.24, 2.45) is 0 Å². The number of halogens is 1. The molecular weight excluding hydrogens is 262 g/mol. The Morgan fingerprint density at radius 3 is 2.71 bits per heavy atom. The summed E-state index contributed by atoms with van der Waals surface area (Å²) in [6, 6.07) is 2.21. The molecule has 0 aliphatic carbocycles. The first kappa shape index (κ1) is 12.1. The quantitative estimate of drug-likeness (QED) is 0.893. The average molecular weight is 278 g/mol. The maximum absolute atomic E-state index is 5.43. The zero-order valence-corrected chi connectivity index (χ0v) is 11.1. The monoisotopic (exact) mass is 277 g/mol. The highest BCUT2D eigenvalue weighted by Crippen LogP contribution is 2.27. The van der Waals surface area contributed by atoms with Crippen LogP contribution in [0.4, 0.5) is 0 Å². The lowest BCUT2D eigenvalue weighted by atomic mass is 10.2. The highest BCUT2D eigenvalue weighted by atomic mass is 79.9. The van der Waals surface area contributed by atoms with E-state index in [9.17, 15) is 0 Å². The smallest absolute Gasteiger partial charge is 0.135 e. The summed E-state index contributed by atoms with van der Waals surface area (Å²) in [5.41, 5.74) is 0. The molecule has 0 bridgehead atoms. The van der Waals surface area contributed by atoms with E-state index in [0.29, 0.717) is 5.25 Å². The van der Waals surface area contributed by atoms with Crippen LogP contribution in [0, 0.1) is 0 Å². The maximum Gasteiger partial charge on any atom is 0.135 e. The second-order valence-corrected chi connectivity index (χ2v) is 5.82. The predicted molar refractivity (Wildman–Crippen MR) is 65.8 cm³/mol. The average Bonchev–Trinajstić information content (AvgIpc) is 2.53. The largest absolute Gasteiger partial charge is 0.466 e. The van der Waals surface area contributed by atoms with Crippen molar-refractivity contribution in [2.45, 2.75) is 25.1 Å². The van der Waals surface area contributed by atoms with Gasteiger partial charge in [0.25, 0.3) is 0 Å². The van der Waals surface area contributed by atoms with Crippen molar-refractivity contribution in [3.05, 3.63) is 22.6 Å². The summed E-state index contributed by atoms with van der Waals surface area (Å²) in [5.74, 6) is 2.01. The Kier molecular flexibility index (Phi) is 5.06. The lowest BCUT2D eigenvalue weighted by molar-refractivity contribution is 0.450. The first-order valence-corrected chi connectivity index (χ1v) is 6.51. The molecule has 14 heavy (non-hydrogen) atoms. The molecule has 0 aliphatic rings. The van der Waals surface area contributed by atoms with Gasteiger partial charge in [0.1, 0.15) is 5.76 Å². The van der Waals surface area contributed by atoms with E-state index in [0.717, 1.165) is 16.0 Å². The Balaban J connectivity index is 2.58. The topological polar surface area (TPSA) is 25.2 Å². The molecule has 0 saturated heterocycles. The van der Waals surface area contributed by atoms with Crippen LogP contribution >= 0.6 is 27.7 Å². The molecule has 1 N–H and O–H groups in total. The summed E-state index contributed by atoms with van der Waals surface area (Å²) >= 11 is 5.40. The molecular formula is C10H16BrNOS. The van der Waals surface area contributed by atoms with E-state index in [1.807, 2.05) is 24.9 Å². The van der Waals surface area contributed by atoms with Crippen molar-refractivity contribution in [3.63, 3.8) is 0 Å². The fourth-order valence-electron chi connectivity index (χ4n) is 1.13. The van der Waals surface area contributed by atoms with E-state index in [-0.39, 0.29) is 6.04 Å². The first-order valence-electron chi connectivity index (χ1n) is 4.67. The third kappa shape index (κ3) is 3.33. The first-order chi connectivity index (χ1) is 6.65. The molecule has 1 atom stereocenters. The van der Waals surface area contributed by atoms with Crippen LogP contribution < -0.4 is 5.32 Å². The number of hydrogen-bond donors (Lipinski definition) is 1. The molecule has 1 heterocycles. The van der Waals surface area contributed by atoms with E-state index in [4.69, 9.17) is 4.42 Å². The van der Waals surface area contributed by atoms with Gasteiger partial charge in [-0.05, 0) is 34.3 Å². The maximum atomic E-state index is 5.43. The summed E-state index contributed by atoms with van der Waals surface area (Å²) < 4.78 is 6.47. The summed E-state index contributed by atoms with van der Waals surface area (Å²) in [7, 11) is 1.96. The molecule has 1 unspecified atom stereocenters. The van der Waals surface area contributed by atoms with Gasteiger partial charge in [-0.3, -0.25) is 0 Å². The molecule has 0 fully saturated rings. The van der Waals surface area contributed by atoms with Gasteiger partial charge in [0.05, 0.1) is 16.8 Å². The second kappa shape index (κ2) is 5.83.